The van der Waals surface area contributed by atoms with Gasteiger partial charge in [0.25, 0.3) is 0 Å². The van der Waals surface area contributed by atoms with E-state index in [-0.39, 0.29) is 32.3 Å². The Morgan fingerprint density at radius 2 is 1.93 bits per heavy atom. The molecule has 0 saturated carbocycles. The third-order valence-electron chi connectivity index (χ3n) is 2.20. The molecular weight excluding hydrogens is 198 g/mol. The predicted molar refractivity (Wildman–Crippen MR) is 56.6 cm³/mol. The standard InChI is InChI=1S/C10H21NO4/c1-8(2)5-9(7-13)11(3-4-12)6-10(14)15/h8-9,12-13H,3-7H2,1-2H3,(H,14,15). The summed E-state index contributed by atoms with van der Waals surface area (Å²) in [6.45, 7) is 4.00. The second-order valence-corrected chi connectivity index (χ2v) is 4.05. The molecule has 0 spiro atoms. The zero-order valence-corrected chi connectivity index (χ0v) is 9.39. The molecule has 5 heteroatoms. The summed E-state index contributed by atoms with van der Waals surface area (Å²) in [6.07, 6.45) is 0.726. The summed E-state index contributed by atoms with van der Waals surface area (Å²) in [7, 11) is 0. The molecule has 0 amide bonds. The van der Waals surface area contributed by atoms with Crippen molar-refractivity contribution in [2.45, 2.75) is 26.3 Å². The average Bonchev–Trinajstić information content (AvgIpc) is 2.12. The Balaban J connectivity index is 4.32. The van der Waals surface area contributed by atoms with E-state index in [4.69, 9.17) is 15.3 Å². The Bertz CT molecular complexity index is 184. The van der Waals surface area contributed by atoms with Gasteiger partial charge in [0.2, 0.25) is 0 Å². The highest BCUT2D eigenvalue weighted by atomic mass is 16.4. The van der Waals surface area contributed by atoms with Crippen molar-refractivity contribution in [1.82, 2.24) is 4.90 Å². The minimum Gasteiger partial charge on any atom is -0.480 e. The lowest BCUT2D eigenvalue weighted by atomic mass is 10.0. The van der Waals surface area contributed by atoms with Crippen molar-refractivity contribution in [3.63, 3.8) is 0 Å². The van der Waals surface area contributed by atoms with Crippen LogP contribution in [-0.2, 0) is 4.79 Å². The van der Waals surface area contributed by atoms with Gasteiger partial charge in [-0.05, 0) is 12.3 Å². The van der Waals surface area contributed by atoms with E-state index in [2.05, 4.69) is 0 Å². The predicted octanol–water partition coefficient (Wildman–Crippen LogP) is -0.228. The molecule has 0 aliphatic heterocycles. The molecule has 15 heavy (non-hydrogen) atoms. The van der Waals surface area contributed by atoms with Crippen LogP contribution in [0, 0.1) is 5.92 Å². The van der Waals surface area contributed by atoms with Crippen molar-refractivity contribution in [1.29, 1.82) is 0 Å². The fourth-order valence-electron chi connectivity index (χ4n) is 1.58. The van der Waals surface area contributed by atoms with Crippen molar-refractivity contribution < 1.29 is 20.1 Å². The number of rotatable bonds is 8. The van der Waals surface area contributed by atoms with Crippen molar-refractivity contribution in [2.24, 2.45) is 5.92 Å². The number of carbonyl (C=O) groups is 1. The molecule has 0 aliphatic carbocycles. The van der Waals surface area contributed by atoms with Gasteiger partial charge in [0.15, 0.2) is 0 Å². The van der Waals surface area contributed by atoms with E-state index in [0.29, 0.717) is 5.92 Å². The van der Waals surface area contributed by atoms with E-state index in [9.17, 15) is 4.79 Å². The lowest BCUT2D eigenvalue weighted by molar-refractivity contribution is -0.139. The minimum atomic E-state index is -0.939. The van der Waals surface area contributed by atoms with E-state index in [0.717, 1.165) is 6.42 Å². The molecule has 1 atom stereocenters. The normalized spacial score (nSPS) is 13.5. The van der Waals surface area contributed by atoms with Crippen LogP contribution in [0.5, 0.6) is 0 Å². The van der Waals surface area contributed by atoms with Crippen LogP contribution in [0.4, 0.5) is 0 Å². The Hall–Kier alpha value is -0.650. The monoisotopic (exact) mass is 219 g/mol. The molecule has 90 valence electrons. The molecule has 0 aromatic heterocycles. The van der Waals surface area contributed by atoms with E-state index < -0.39 is 5.97 Å². The highest BCUT2D eigenvalue weighted by molar-refractivity contribution is 5.69. The van der Waals surface area contributed by atoms with Gasteiger partial charge in [-0.2, -0.15) is 0 Å². The molecule has 3 N–H and O–H groups in total. The maximum atomic E-state index is 10.6. The Kier molecular flexibility index (Phi) is 7.29. The number of hydrogen-bond donors (Lipinski definition) is 3. The molecule has 0 radical (unpaired) electrons. The first-order valence-corrected chi connectivity index (χ1v) is 5.18. The molecule has 5 nitrogen and oxygen atoms in total. The number of aliphatic hydroxyl groups is 2. The fraction of sp³-hybridized carbons (Fsp3) is 0.900. The summed E-state index contributed by atoms with van der Waals surface area (Å²) < 4.78 is 0. The van der Waals surface area contributed by atoms with Crippen molar-refractivity contribution in [2.75, 3.05) is 26.3 Å². The number of hydrogen-bond acceptors (Lipinski definition) is 4. The van der Waals surface area contributed by atoms with Crippen LogP contribution in [0.15, 0.2) is 0 Å². The second kappa shape index (κ2) is 7.62. The smallest absolute Gasteiger partial charge is 0.317 e. The highest BCUT2D eigenvalue weighted by Crippen LogP contribution is 2.10. The van der Waals surface area contributed by atoms with Gasteiger partial charge >= 0.3 is 5.97 Å². The summed E-state index contributed by atoms with van der Waals surface area (Å²) in [5.41, 5.74) is 0. The van der Waals surface area contributed by atoms with Crippen LogP contribution in [0.3, 0.4) is 0 Å². The zero-order valence-electron chi connectivity index (χ0n) is 9.39. The molecule has 0 fully saturated rings. The van der Waals surface area contributed by atoms with Crippen LogP contribution >= 0.6 is 0 Å². The van der Waals surface area contributed by atoms with E-state index >= 15 is 0 Å². The third-order valence-corrected chi connectivity index (χ3v) is 2.20. The van der Waals surface area contributed by atoms with Crippen LogP contribution in [-0.4, -0.2) is 58.5 Å². The van der Waals surface area contributed by atoms with Crippen LogP contribution in [0.25, 0.3) is 0 Å². The van der Waals surface area contributed by atoms with Gasteiger partial charge in [-0.25, -0.2) is 0 Å². The first-order chi connectivity index (χ1) is 7.01. The molecule has 0 rings (SSSR count). The summed E-state index contributed by atoms with van der Waals surface area (Å²) >= 11 is 0. The summed E-state index contributed by atoms with van der Waals surface area (Å²) in [4.78, 5) is 12.2. The number of carboxylic acid groups (broad SMARTS) is 1. The quantitative estimate of drug-likeness (QED) is 0.525. The molecule has 0 aromatic carbocycles. The van der Waals surface area contributed by atoms with Crippen LogP contribution in [0.2, 0.25) is 0 Å². The first-order valence-electron chi connectivity index (χ1n) is 5.18. The van der Waals surface area contributed by atoms with Gasteiger partial charge in [0.1, 0.15) is 0 Å². The summed E-state index contributed by atoms with van der Waals surface area (Å²) in [5.74, 6) is -0.553. The van der Waals surface area contributed by atoms with Gasteiger partial charge in [-0.15, -0.1) is 0 Å². The Morgan fingerprint density at radius 1 is 1.33 bits per heavy atom. The molecule has 0 saturated heterocycles. The lowest BCUT2D eigenvalue weighted by Crippen LogP contribution is -2.43. The fourth-order valence-corrected chi connectivity index (χ4v) is 1.58. The SMILES string of the molecule is CC(C)CC(CO)N(CCO)CC(=O)O. The zero-order chi connectivity index (χ0) is 11.8. The largest absolute Gasteiger partial charge is 0.480 e. The topological polar surface area (TPSA) is 81.0 Å². The van der Waals surface area contributed by atoms with Crippen LogP contribution < -0.4 is 0 Å². The van der Waals surface area contributed by atoms with Gasteiger partial charge in [0, 0.05) is 12.6 Å². The highest BCUT2D eigenvalue weighted by Gasteiger charge is 2.20. The Labute approximate surface area is 90.3 Å². The van der Waals surface area contributed by atoms with Gasteiger partial charge in [-0.1, -0.05) is 13.8 Å². The van der Waals surface area contributed by atoms with Crippen LogP contribution in [0.1, 0.15) is 20.3 Å². The number of aliphatic carboxylic acids is 1. The molecule has 0 aromatic rings. The van der Waals surface area contributed by atoms with Gasteiger partial charge in [-0.3, -0.25) is 9.69 Å². The second-order valence-electron chi connectivity index (χ2n) is 4.05. The van der Waals surface area contributed by atoms with Crippen molar-refractivity contribution >= 4 is 5.97 Å². The maximum Gasteiger partial charge on any atom is 0.317 e. The molecule has 0 heterocycles. The number of nitrogens with zero attached hydrogens (tertiary/aromatic N) is 1. The van der Waals surface area contributed by atoms with Crippen molar-refractivity contribution in [3.05, 3.63) is 0 Å². The maximum absolute atomic E-state index is 10.6. The van der Waals surface area contributed by atoms with Gasteiger partial charge < -0.3 is 15.3 Å². The summed E-state index contributed by atoms with van der Waals surface area (Å²) in [6, 6.07) is -0.187. The minimum absolute atomic E-state index is 0.0779. The average molecular weight is 219 g/mol. The van der Waals surface area contributed by atoms with E-state index in [1.54, 1.807) is 4.90 Å². The number of aliphatic hydroxyl groups excluding tert-OH is 2. The summed E-state index contributed by atoms with van der Waals surface area (Å²) in [5, 5.41) is 26.7. The molecule has 0 aliphatic rings. The lowest BCUT2D eigenvalue weighted by Gasteiger charge is -2.29. The van der Waals surface area contributed by atoms with E-state index in [1.165, 1.54) is 0 Å². The van der Waals surface area contributed by atoms with Gasteiger partial charge in [0.05, 0.1) is 19.8 Å². The van der Waals surface area contributed by atoms with E-state index in [1.807, 2.05) is 13.8 Å². The van der Waals surface area contributed by atoms with Crippen molar-refractivity contribution in [3.8, 4) is 0 Å². The first kappa shape index (κ1) is 14.3. The molecular formula is C10H21NO4. The Morgan fingerprint density at radius 3 is 2.27 bits per heavy atom. The molecule has 1 unspecified atom stereocenters. The molecule has 0 bridgehead atoms. The number of carboxylic acids is 1. The third kappa shape index (κ3) is 6.43.